The maximum absolute atomic E-state index is 6.52. The summed E-state index contributed by atoms with van der Waals surface area (Å²) in [7, 11) is 31.8. The molecule has 5 nitrogen and oxygen atoms in total. The van der Waals surface area contributed by atoms with E-state index in [2.05, 4.69) is 83.4 Å². The van der Waals surface area contributed by atoms with Crippen LogP contribution in [-0.4, -0.2) is 58.8 Å². The molecule has 10 radical (unpaired) electrons. The minimum atomic E-state index is 0.114. The fraction of sp³-hybridized carbons (Fsp3) is 0. The molecule has 0 amide bonds. The minimum Gasteiger partial charge on any atom is -0.456 e. The summed E-state index contributed by atoms with van der Waals surface area (Å²) in [5, 5.41) is 4.13. The van der Waals surface area contributed by atoms with Gasteiger partial charge in [-0.1, -0.05) is 102 Å². The fourth-order valence-electron chi connectivity index (χ4n) is 7.62. The molecule has 0 unspecified atom stereocenters. The predicted octanol–water partition coefficient (Wildman–Crippen LogP) is 5.51. The van der Waals surface area contributed by atoms with Crippen LogP contribution in [0.4, 0.5) is 0 Å². The molecule has 244 valence electrons. The molecule has 0 aliphatic heterocycles. The van der Waals surface area contributed by atoms with E-state index < -0.39 is 0 Å². The van der Waals surface area contributed by atoms with E-state index in [-0.39, 0.29) is 33.1 Å². The second-order valence-corrected chi connectivity index (χ2v) is 13.5. The van der Waals surface area contributed by atoms with E-state index >= 15 is 0 Å². The summed E-state index contributed by atoms with van der Waals surface area (Å²) in [5.41, 5.74) is 9.38. The molecular formula is C45H23B5N4O. The van der Waals surface area contributed by atoms with Crippen molar-refractivity contribution in [3.05, 3.63) is 140 Å². The Bertz CT molecular complexity index is 3130. The Labute approximate surface area is 323 Å². The molecule has 0 bridgehead atoms. The third kappa shape index (κ3) is 5.27. The smallest absolute Gasteiger partial charge is 0.164 e. The van der Waals surface area contributed by atoms with Crippen LogP contribution in [0.3, 0.4) is 0 Å². The first kappa shape index (κ1) is 33.1. The number of furan rings is 1. The maximum atomic E-state index is 6.52. The van der Waals surface area contributed by atoms with Gasteiger partial charge < -0.3 is 8.98 Å². The first-order valence-electron chi connectivity index (χ1n) is 17.7. The highest BCUT2D eigenvalue weighted by Crippen LogP contribution is 2.40. The van der Waals surface area contributed by atoms with Crippen LogP contribution in [0.15, 0.2) is 144 Å². The number of benzene rings is 7. The Kier molecular flexibility index (Phi) is 7.70. The minimum absolute atomic E-state index is 0.114. The second-order valence-electron chi connectivity index (χ2n) is 13.5. The summed E-state index contributed by atoms with van der Waals surface area (Å²) in [4.78, 5) is 14.8. The zero-order valence-corrected chi connectivity index (χ0v) is 29.4. The lowest BCUT2D eigenvalue weighted by Crippen LogP contribution is -2.55. The van der Waals surface area contributed by atoms with Crippen LogP contribution in [0.1, 0.15) is 0 Å². The van der Waals surface area contributed by atoms with Crippen molar-refractivity contribution >= 4 is 110 Å². The lowest BCUT2D eigenvalue weighted by Gasteiger charge is -2.20. The lowest BCUT2D eigenvalue weighted by atomic mass is 9.60. The number of rotatable bonds is 5. The largest absolute Gasteiger partial charge is 0.456 e. The van der Waals surface area contributed by atoms with Gasteiger partial charge in [-0.05, 0) is 59.7 Å². The van der Waals surface area contributed by atoms with Gasteiger partial charge in [0.1, 0.15) is 50.4 Å². The van der Waals surface area contributed by atoms with Crippen LogP contribution in [0, 0.1) is 0 Å². The number of fused-ring (bicyclic) bond motifs is 6. The molecule has 0 saturated carbocycles. The van der Waals surface area contributed by atoms with E-state index in [1.54, 1.807) is 0 Å². The molecule has 10 heteroatoms. The molecule has 0 fully saturated rings. The van der Waals surface area contributed by atoms with Gasteiger partial charge in [0.2, 0.25) is 0 Å². The van der Waals surface area contributed by atoms with E-state index in [0.29, 0.717) is 22.8 Å². The monoisotopic (exact) mass is 690 g/mol. The highest BCUT2D eigenvalue weighted by atomic mass is 16.3. The van der Waals surface area contributed by atoms with Crippen LogP contribution in [-0.2, 0) is 0 Å². The van der Waals surface area contributed by atoms with Crippen LogP contribution in [0.2, 0.25) is 0 Å². The highest BCUT2D eigenvalue weighted by Gasteiger charge is 2.21. The van der Waals surface area contributed by atoms with Gasteiger partial charge in [0.05, 0.1) is 11.0 Å². The quantitative estimate of drug-likeness (QED) is 0.224. The molecule has 0 spiro atoms. The first-order valence-corrected chi connectivity index (χ1v) is 17.7. The Morgan fingerprint density at radius 1 is 0.418 bits per heavy atom. The lowest BCUT2D eigenvalue weighted by molar-refractivity contribution is 0.669. The van der Waals surface area contributed by atoms with Crippen LogP contribution >= 0.6 is 0 Å². The summed E-state index contributed by atoms with van der Waals surface area (Å²) in [5.74, 6) is 1.03. The molecule has 0 aliphatic rings. The van der Waals surface area contributed by atoms with E-state index in [9.17, 15) is 0 Å². The van der Waals surface area contributed by atoms with Gasteiger partial charge in [0.25, 0.3) is 0 Å². The van der Waals surface area contributed by atoms with Gasteiger partial charge >= 0.3 is 0 Å². The summed E-state index contributed by atoms with van der Waals surface area (Å²) >= 11 is 0. The van der Waals surface area contributed by atoms with E-state index in [1.807, 2.05) is 60.7 Å². The van der Waals surface area contributed by atoms with Crippen molar-refractivity contribution in [1.82, 2.24) is 19.5 Å². The zero-order chi connectivity index (χ0) is 37.4. The van der Waals surface area contributed by atoms with Crippen LogP contribution in [0.25, 0.3) is 94.7 Å². The van der Waals surface area contributed by atoms with Crippen molar-refractivity contribution in [3.63, 3.8) is 0 Å². The van der Waals surface area contributed by atoms with Gasteiger partial charge in [-0.15, -0.1) is 16.4 Å². The van der Waals surface area contributed by atoms with Crippen molar-refractivity contribution < 1.29 is 4.42 Å². The topological polar surface area (TPSA) is 56.7 Å². The predicted molar refractivity (Wildman–Crippen MR) is 230 cm³/mol. The number of nitrogens with zero attached hydrogens (tertiary/aromatic N) is 4. The normalized spacial score (nSPS) is 11.6. The Morgan fingerprint density at radius 3 is 1.78 bits per heavy atom. The Morgan fingerprint density at radius 2 is 1.02 bits per heavy atom. The third-order valence-corrected chi connectivity index (χ3v) is 10.3. The number of hydrogen-bond donors (Lipinski definition) is 0. The Hall–Kier alpha value is -6.53. The number of hydrogen-bond acceptors (Lipinski definition) is 4. The highest BCUT2D eigenvalue weighted by molar-refractivity contribution is 6.68. The molecule has 10 rings (SSSR count). The molecule has 55 heavy (non-hydrogen) atoms. The van der Waals surface area contributed by atoms with E-state index in [1.165, 1.54) is 10.8 Å². The van der Waals surface area contributed by atoms with Crippen LogP contribution < -0.4 is 27.3 Å². The van der Waals surface area contributed by atoms with Crippen molar-refractivity contribution in [3.8, 4) is 51.0 Å². The number of aromatic nitrogens is 4. The van der Waals surface area contributed by atoms with Crippen molar-refractivity contribution in [2.75, 3.05) is 0 Å². The van der Waals surface area contributed by atoms with Crippen molar-refractivity contribution in [2.24, 2.45) is 0 Å². The average molecular weight is 690 g/mol. The average Bonchev–Trinajstić information content (AvgIpc) is 3.78. The van der Waals surface area contributed by atoms with Gasteiger partial charge in [0, 0.05) is 43.9 Å². The van der Waals surface area contributed by atoms with Gasteiger partial charge in [-0.25, -0.2) is 15.0 Å². The molecule has 3 heterocycles. The second kappa shape index (κ2) is 12.8. The van der Waals surface area contributed by atoms with E-state index in [4.69, 9.17) is 58.6 Å². The van der Waals surface area contributed by atoms with Crippen LogP contribution in [0.5, 0.6) is 0 Å². The van der Waals surface area contributed by atoms with Crippen molar-refractivity contribution in [1.29, 1.82) is 0 Å². The zero-order valence-electron chi connectivity index (χ0n) is 29.4. The summed E-state index contributed by atoms with van der Waals surface area (Å²) < 4.78 is 8.75. The van der Waals surface area contributed by atoms with Crippen molar-refractivity contribution in [2.45, 2.75) is 0 Å². The third-order valence-electron chi connectivity index (χ3n) is 10.3. The SMILES string of the molecule is [B]c1c([B])c([B])c(-c2nc(-c3ccccc3)nc(-c3cccc4oc5ccc(-c6ccc7c(c6)c6ccccc6n7-c6ccccc6)cc5c34)n2)c([B])c1[B]. The standard InChI is InChI=1S/C45H23B5N4O/c46-38-37(39(47)41(49)42(50)40(38)48)45-52-43(24-10-3-1-4-11-24)51-44(53-45)29-15-9-17-35-36(29)31-23-26(19-21-34(31)55-35)25-18-20-33-30(22-25)28-14-7-8-16-32(28)54(33)27-12-5-2-6-13-27/h1-23H. The summed E-state index contributed by atoms with van der Waals surface area (Å²) in [6, 6.07) is 47.4. The van der Waals surface area contributed by atoms with E-state index in [0.717, 1.165) is 55.3 Å². The molecule has 0 aliphatic carbocycles. The maximum Gasteiger partial charge on any atom is 0.164 e. The first-order chi connectivity index (χ1) is 26.9. The van der Waals surface area contributed by atoms with Gasteiger partial charge in [0.15, 0.2) is 17.5 Å². The van der Waals surface area contributed by atoms with Gasteiger partial charge in [-0.3, -0.25) is 0 Å². The molecule has 0 atom stereocenters. The van der Waals surface area contributed by atoms with Gasteiger partial charge in [-0.2, -0.15) is 0 Å². The molecular weight excluding hydrogens is 667 g/mol. The molecule has 10 aromatic rings. The molecule has 7 aromatic carbocycles. The summed E-state index contributed by atoms with van der Waals surface area (Å²) in [6.07, 6.45) is 0. The Balaban J connectivity index is 1.18. The summed E-state index contributed by atoms with van der Waals surface area (Å²) in [6.45, 7) is 0. The fourth-order valence-corrected chi connectivity index (χ4v) is 7.62. The number of para-hydroxylation sites is 2. The molecule has 0 saturated heterocycles. The molecule has 0 N–H and O–H groups in total. The molecule has 3 aromatic heterocycles.